The summed E-state index contributed by atoms with van der Waals surface area (Å²) in [5.41, 5.74) is 1.27. The number of rotatable bonds is 5. The third-order valence-electron chi connectivity index (χ3n) is 3.23. The molecule has 0 spiro atoms. The Balaban J connectivity index is 1.92. The summed E-state index contributed by atoms with van der Waals surface area (Å²) in [7, 11) is 1.66. The number of likely N-dealkylation sites (N-methyl/N-ethyl adjacent to an activating group) is 1. The number of benzene rings is 1. The van der Waals surface area contributed by atoms with Crippen LogP contribution in [0.5, 0.6) is 5.75 Å². The molecule has 6 nitrogen and oxygen atoms in total. The number of phenols is 1. The number of nitrogens with zero attached hydrogens (tertiary/aromatic N) is 1. The molecule has 2 N–H and O–H groups in total. The second kappa shape index (κ2) is 6.80. The number of aromatic hydroxyl groups is 1. The Kier molecular flexibility index (Phi) is 4.83. The molecule has 1 heterocycles. The third-order valence-corrected chi connectivity index (χ3v) is 3.23. The van der Waals surface area contributed by atoms with Gasteiger partial charge in [0, 0.05) is 13.6 Å². The van der Waals surface area contributed by atoms with Crippen LogP contribution in [0.4, 0.5) is 0 Å². The maximum absolute atomic E-state index is 12.3. The van der Waals surface area contributed by atoms with Crippen LogP contribution < -0.4 is 5.32 Å². The molecular formula is C16H18N2O4. The first kappa shape index (κ1) is 15.6. The molecule has 1 aromatic carbocycles. The predicted octanol–water partition coefficient (Wildman–Crippen LogP) is 1.76. The van der Waals surface area contributed by atoms with Gasteiger partial charge in [-0.25, -0.2) is 0 Å². The molecule has 1 aromatic heterocycles. The Hall–Kier alpha value is -2.76. The minimum atomic E-state index is -0.649. The van der Waals surface area contributed by atoms with Crippen LogP contribution in [0.25, 0.3) is 0 Å². The summed E-state index contributed by atoms with van der Waals surface area (Å²) >= 11 is 0. The molecule has 0 aliphatic carbocycles. The maximum Gasteiger partial charge on any atom is 0.255 e. The Bertz CT molecular complexity index is 635. The fourth-order valence-corrected chi connectivity index (χ4v) is 2.02. The molecule has 0 saturated carbocycles. The fraction of sp³-hybridized carbons (Fsp3) is 0.250. The van der Waals surface area contributed by atoms with Gasteiger partial charge >= 0.3 is 0 Å². The molecule has 6 heteroatoms. The first-order valence-electron chi connectivity index (χ1n) is 6.83. The van der Waals surface area contributed by atoms with Gasteiger partial charge in [0.2, 0.25) is 5.91 Å². The molecule has 2 amide bonds. The molecule has 2 aromatic rings. The van der Waals surface area contributed by atoms with Crippen LogP contribution in [0.15, 0.2) is 47.3 Å². The number of phenolic OH excluding ortho intramolecular Hbond substituents is 1. The van der Waals surface area contributed by atoms with E-state index in [4.69, 9.17) is 4.42 Å². The fourth-order valence-electron chi connectivity index (χ4n) is 2.02. The van der Waals surface area contributed by atoms with E-state index in [9.17, 15) is 14.7 Å². The summed E-state index contributed by atoms with van der Waals surface area (Å²) < 4.78 is 4.84. The van der Waals surface area contributed by atoms with Gasteiger partial charge in [-0.05, 0) is 30.7 Å². The van der Waals surface area contributed by atoms with Gasteiger partial charge in [0.25, 0.3) is 5.91 Å². The van der Waals surface area contributed by atoms with Crippen molar-refractivity contribution >= 4 is 11.8 Å². The lowest BCUT2D eigenvalue weighted by Crippen LogP contribution is -2.45. The number of hydrogen-bond donors (Lipinski definition) is 2. The molecule has 0 saturated heterocycles. The van der Waals surface area contributed by atoms with Crippen LogP contribution in [0.1, 0.15) is 22.8 Å². The van der Waals surface area contributed by atoms with Crippen molar-refractivity contribution in [3.8, 4) is 5.75 Å². The SMILES string of the molecule is CC(NC(=O)c1ccoc1)C(=O)N(C)Cc1ccc(O)cc1. The van der Waals surface area contributed by atoms with Crippen molar-refractivity contribution in [2.45, 2.75) is 19.5 Å². The van der Waals surface area contributed by atoms with Gasteiger partial charge in [0.05, 0.1) is 11.8 Å². The molecule has 22 heavy (non-hydrogen) atoms. The van der Waals surface area contributed by atoms with E-state index in [0.29, 0.717) is 12.1 Å². The molecular weight excluding hydrogens is 284 g/mol. The van der Waals surface area contributed by atoms with Crippen LogP contribution >= 0.6 is 0 Å². The van der Waals surface area contributed by atoms with Gasteiger partial charge in [-0.2, -0.15) is 0 Å². The van der Waals surface area contributed by atoms with Gasteiger partial charge in [-0.1, -0.05) is 12.1 Å². The third kappa shape index (κ3) is 3.88. The number of carbonyl (C=O) groups excluding carboxylic acids is 2. The first-order valence-corrected chi connectivity index (χ1v) is 6.83. The van der Waals surface area contributed by atoms with Crippen molar-refractivity contribution in [2.75, 3.05) is 7.05 Å². The molecule has 1 unspecified atom stereocenters. The summed E-state index contributed by atoms with van der Waals surface area (Å²) in [6.07, 6.45) is 2.73. The van der Waals surface area contributed by atoms with Crippen molar-refractivity contribution < 1.29 is 19.1 Å². The van der Waals surface area contributed by atoms with Crippen LogP contribution in [0.2, 0.25) is 0 Å². The first-order chi connectivity index (χ1) is 10.5. The van der Waals surface area contributed by atoms with E-state index in [2.05, 4.69) is 5.32 Å². The van der Waals surface area contributed by atoms with E-state index in [1.807, 2.05) is 0 Å². The van der Waals surface area contributed by atoms with Gasteiger partial charge in [-0.3, -0.25) is 9.59 Å². The summed E-state index contributed by atoms with van der Waals surface area (Å²) in [4.78, 5) is 25.6. The smallest absolute Gasteiger partial charge is 0.255 e. The lowest BCUT2D eigenvalue weighted by molar-refractivity contribution is -0.132. The minimum absolute atomic E-state index is 0.179. The topological polar surface area (TPSA) is 82.8 Å². The van der Waals surface area contributed by atoms with E-state index in [-0.39, 0.29) is 17.6 Å². The van der Waals surface area contributed by atoms with Gasteiger partial charge < -0.3 is 19.7 Å². The molecule has 0 aliphatic heterocycles. The van der Waals surface area contributed by atoms with Crippen LogP contribution in [0, 0.1) is 0 Å². The lowest BCUT2D eigenvalue weighted by atomic mass is 10.2. The highest BCUT2D eigenvalue weighted by atomic mass is 16.3. The molecule has 0 bridgehead atoms. The number of hydrogen-bond acceptors (Lipinski definition) is 4. The zero-order valence-electron chi connectivity index (χ0n) is 12.4. The van der Waals surface area contributed by atoms with Crippen molar-refractivity contribution in [1.82, 2.24) is 10.2 Å². The summed E-state index contributed by atoms with van der Waals surface area (Å²) in [5.74, 6) is -0.379. The predicted molar refractivity (Wildman–Crippen MR) is 80.2 cm³/mol. The van der Waals surface area contributed by atoms with E-state index in [0.717, 1.165) is 5.56 Å². The number of amides is 2. The summed E-state index contributed by atoms with van der Waals surface area (Å²) in [6.45, 7) is 2.03. The molecule has 0 aliphatic rings. The summed E-state index contributed by atoms with van der Waals surface area (Å²) in [6, 6.07) is 7.51. The number of furan rings is 1. The molecule has 2 rings (SSSR count). The Morgan fingerprint density at radius 2 is 1.95 bits per heavy atom. The normalized spacial score (nSPS) is 11.7. The van der Waals surface area contributed by atoms with Crippen LogP contribution in [-0.2, 0) is 11.3 Å². The Morgan fingerprint density at radius 1 is 1.27 bits per heavy atom. The van der Waals surface area contributed by atoms with Gasteiger partial charge in [0.15, 0.2) is 0 Å². The van der Waals surface area contributed by atoms with E-state index in [1.165, 1.54) is 23.5 Å². The Morgan fingerprint density at radius 3 is 2.55 bits per heavy atom. The molecule has 116 valence electrons. The van der Waals surface area contributed by atoms with Crippen molar-refractivity contribution in [2.24, 2.45) is 0 Å². The minimum Gasteiger partial charge on any atom is -0.508 e. The monoisotopic (exact) mass is 302 g/mol. The van der Waals surface area contributed by atoms with Gasteiger partial charge in [0.1, 0.15) is 18.1 Å². The van der Waals surface area contributed by atoms with Crippen molar-refractivity contribution in [3.05, 3.63) is 54.0 Å². The average molecular weight is 302 g/mol. The van der Waals surface area contributed by atoms with E-state index < -0.39 is 6.04 Å². The Labute approximate surface area is 128 Å². The number of nitrogens with one attached hydrogen (secondary N) is 1. The van der Waals surface area contributed by atoms with E-state index in [1.54, 1.807) is 38.2 Å². The average Bonchev–Trinajstić information content (AvgIpc) is 3.03. The standard InChI is InChI=1S/C16H18N2O4/c1-11(17-15(20)13-7-8-22-10-13)16(21)18(2)9-12-3-5-14(19)6-4-12/h3-8,10-11,19H,9H2,1-2H3,(H,17,20). The lowest BCUT2D eigenvalue weighted by Gasteiger charge is -2.22. The van der Waals surface area contributed by atoms with E-state index >= 15 is 0 Å². The highest BCUT2D eigenvalue weighted by Crippen LogP contribution is 2.11. The number of carbonyl (C=O) groups is 2. The zero-order valence-corrected chi connectivity index (χ0v) is 12.4. The summed E-state index contributed by atoms with van der Waals surface area (Å²) in [5, 5.41) is 11.9. The molecule has 0 fully saturated rings. The molecule has 1 atom stereocenters. The van der Waals surface area contributed by atoms with Gasteiger partial charge in [-0.15, -0.1) is 0 Å². The highest BCUT2D eigenvalue weighted by Gasteiger charge is 2.20. The second-order valence-electron chi connectivity index (χ2n) is 5.07. The van der Waals surface area contributed by atoms with Crippen molar-refractivity contribution in [1.29, 1.82) is 0 Å². The maximum atomic E-state index is 12.3. The van der Waals surface area contributed by atoms with Crippen molar-refractivity contribution in [3.63, 3.8) is 0 Å². The highest BCUT2D eigenvalue weighted by molar-refractivity contribution is 5.97. The second-order valence-corrected chi connectivity index (χ2v) is 5.07. The zero-order chi connectivity index (χ0) is 16.1. The molecule has 0 radical (unpaired) electrons. The quantitative estimate of drug-likeness (QED) is 0.881. The van der Waals surface area contributed by atoms with Crippen LogP contribution in [-0.4, -0.2) is 34.9 Å². The largest absolute Gasteiger partial charge is 0.508 e. The van der Waals surface area contributed by atoms with Crippen LogP contribution in [0.3, 0.4) is 0 Å².